The molecule has 10 heteroatoms. The number of alkyl halides is 3. The molecule has 0 aromatic heterocycles. The zero-order valence-corrected chi connectivity index (χ0v) is 15.8. The van der Waals surface area contributed by atoms with Crippen LogP contribution in [-0.2, 0) is 21.0 Å². The van der Waals surface area contributed by atoms with Gasteiger partial charge in [0.05, 0.1) is 23.7 Å². The minimum absolute atomic E-state index is 0.231. The Balaban J connectivity index is 2.19. The number of hydrogen-bond donors (Lipinski definition) is 1. The van der Waals surface area contributed by atoms with Gasteiger partial charge in [-0.05, 0) is 25.1 Å². The maximum Gasteiger partial charge on any atom is 0.417 e. The minimum Gasteiger partial charge on any atom is -0.271 e. The molecule has 28 heavy (non-hydrogen) atoms. The van der Waals surface area contributed by atoms with Crippen molar-refractivity contribution in [2.24, 2.45) is 5.10 Å². The molecule has 1 amide bonds. The number of amides is 1. The lowest BCUT2D eigenvalue weighted by atomic mass is 10.1. The number of para-hydroxylation sites is 1. The van der Waals surface area contributed by atoms with Gasteiger partial charge in [0.25, 0.3) is 5.91 Å². The monoisotopic (exact) mass is 413 g/mol. The average molecular weight is 413 g/mol. The van der Waals surface area contributed by atoms with Crippen LogP contribution in [0.25, 0.3) is 0 Å². The van der Waals surface area contributed by atoms with Crippen molar-refractivity contribution in [2.75, 3.05) is 10.6 Å². The number of benzene rings is 2. The Hall–Kier alpha value is -2.88. The summed E-state index contributed by atoms with van der Waals surface area (Å²) in [5.41, 5.74) is 1.24. The van der Waals surface area contributed by atoms with Crippen molar-refractivity contribution < 1.29 is 26.4 Å². The molecule has 0 unspecified atom stereocenters. The van der Waals surface area contributed by atoms with Crippen molar-refractivity contribution in [1.29, 1.82) is 0 Å². The zero-order valence-electron chi connectivity index (χ0n) is 15.0. The minimum atomic E-state index is -4.57. The van der Waals surface area contributed by atoms with E-state index in [2.05, 4.69) is 10.5 Å². The summed E-state index contributed by atoms with van der Waals surface area (Å²) in [7, 11) is -3.79. The van der Waals surface area contributed by atoms with Crippen LogP contribution >= 0.6 is 0 Å². The van der Waals surface area contributed by atoms with Gasteiger partial charge >= 0.3 is 6.18 Å². The first-order valence-corrected chi connectivity index (χ1v) is 9.90. The molecule has 0 saturated carbocycles. The molecule has 2 rings (SSSR count). The third-order valence-corrected chi connectivity index (χ3v) is 4.99. The first-order chi connectivity index (χ1) is 13.0. The lowest BCUT2D eigenvalue weighted by Gasteiger charge is -2.27. The summed E-state index contributed by atoms with van der Waals surface area (Å²) in [6.45, 7) is 1.35. The molecule has 0 fully saturated rings. The van der Waals surface area contributed by atoms with Crippen molar-refractivity contribution in [3.8, 4) is 0 Å². The lowest BCUT2D eigenvalue weighted by molar-refractivity contribution is -0.137. The lowest BCUT2D eigenvalue weighted by Crippen LogP contribution is -2.46. The Morgan fingerprint density at radius 1 is 1.11 bits per heavy atom. The quantitative estimate of drug-likeness (QED) is 0.584. The molecule has 150 valence electrons. The van der Waals surface area contributed by atoms with E-state index >= 15 is 0 Å². The molecule has 1 atom stereocenters. The highest BCUT2D eigenvalue weighted by Crippen LogP contribution is 2.31. The molecule has 0 aliphatic heterocycles. The molecule has 0 saturated heterocycles. The Morgan fingerprint density at radius 3 is 2.25 bits per heavy atom. The first kappa shape index (κ1) is 21.4. The van der Waals surface area contributed by atoms with Gasteiger partial charge in [-0.25, -0.2) is 13.8 Å². The summed E-state index contributed by atoms with van der Waals surface area (Å²) >= 11 is 0. The molecule has 6 nitrogen and oxygen atoms in total. The van der Waals surface area contributed by atoms with Crippen molar-refractivity contribution >= 4 is 27.8 Å². The van der Waals surface area contributed by atoms with Gasteiger partial charge in [-0.15, -0.1) is 0 Å². The van der Waals surface area contributed by atoms with Crippen LogP contribution in [0.15, 0.2) is 59.7 Å². The van der Waals surface area contributed by atoms with E-state index in [1.165, 1.54) is 37.3 Å². The molecule has 0 heterocycles. The number of sulfonamides is 1. The van der Waals surface area contributed by atoms with Gasteiger partial charge in [0.15, 0.2) is 0 Å². The van der Waals surface area contributed by atoms with Crippen molar-refractivity contribution in [3.05, 3.63) is 65.7 Å². The normalized spacial score (nSPS) is 13.3. The van der Waals surface area contributed by atoms with E-state index in [4.69, 9.17) is 0 Å². The summed E-state index contributed by atoms with van der Waals surface area (Å²) in [6.07, 6.45) is -2.76. The molecular formula is C18H18F3N3O3S. The Morgan fingerprint density at radius 2 is 1.68 bits per heavy atom. The standard InChI is InChI=1S/C18H18F3N3O3S/c1-13(24(28(2,26)27)15-9-4-3-5-10-15)17(25)23-22-12-14-8-6-7-11-16(14)18(19,20)21/h3-13H,1-2H3,(H,23,25)/b22-12-/t13-/m0/s1. The second-order valence-electron chi connectivity index (χ2n) is 5.89. The van der Waals surface area contributed by atoms with Crippen LogP contribution in [-0.4, -0.2) is 32.8 Å². The van der Waals surface area contributed by atoms with Crippen LogP contribution in [0.4, 0.5) is 18.9 Å². The Kier molecular flexibility index (Phi) is 6.45. The van der Waals surface area contributed by atoms with E-state index in [9.17, 15) is 26.4 Å². The van der Waals surface area contributed by atoms with Crippen molar-refractivity contribution in [2.45, 2.75) is 19.1 Å². The average Bonchev–Trinajstić information content (AvgIpc) is 2.61. The first-order valence-electron chi connectivity index (χ1n) is 8.05. The van der Waals surface area contributed by atoms with Gasteiger partial charge in [0.1, 0.15) is 6.04 Å². The number of halogens is 3. The summed E-state index contributed by atoms with van der Waals surface area (Å²) in [5.74, 6) is -0.796. The predicted molar refractivity (Wildman–Crippen MR) is 100 cm³/mol. The Labute approximate surface area is 160 Å². The topological polar surface area (TPSA) is 78.8 Å². The largest absolute Gasteiger partial charge is 0.417 e. The second-order valence-corrected chi connectivity index (χ2v) is 7.75. The van der Waals surface area contributed by atoms with Crippen LogP contribution in [0.3, 0.4) is 0 Å². The molecule has 1 N–H and O–H groups in total. The number of nitrogens with zero attached hydrogens (tertiary/aromatic N) is 2. The molecule has 0 bridgehead atoms. The van der Waals surface area contributed by atoms with Crippen LogP contribution in [0.1, 0.15) is 18.1 Å². The third kappa shape index (κ3) is 5.32. The fourth-order valence-corrected chi connectivity index (χ4v) is 3.69. The predicted octanol–water partition coefficient (Wildman–Crippen LogP) is 3.01. The maximum absolute atomic E-state index is 13.0. The van der Waals surface area contributed by atoms with Crippen LogP contribution < -0.4 is 9.73 Å². The number of hydrazone groups is 1. The number of rotatable bonds is 6. The van der Waals surface area contributed by atoms with Gasteiger partial charge in [-0.1, -0.05) is 36.4 Å². The van der Waals surface area contributed by atoms with E-state index in [-0.39, 0.29) is 11.3 Å². The highest BCUT2D eigenvalue weighted by atomic mass is 32.2. The summed E-state index contributed by atoms with van der Waals surface area (Å²) in [4.78, 5) is 12.3. The van der Waals surface area contributed by atoms with Crippen LogP contribution in [0, 0.1) is 0 Å². The van der Waals surface area contributed by atoms with E-state index in [1.54, 1.807) is 18.2 Å². The van der Waals surface area contributed by atoms with E-state index in [0.717, 1.165) is 22.8 Å². The van der Waals surface area contributed by atoms with Gasteiger partial charge in [-0.2, -0.15) is 18.3 Å². The highest BCUT2D eigenvalue weighted by molar-refractivity contribution is 7.92. The molecule has 2 aromatic rings. The van der Waals surface area contributed by atoms with Gasteiger partial charge in [0, 0.05) is 5.56 Å². The summed E-state index contributed by atoms with van der Waals surface area (Å²) in [6, 6.07) is 11.5. The number of anilines is 1. The molecule has 0 aliphatic rings. The number of carbonyl (C=O) groups excluding carboxylic acids is 1. The molecule has 0 spiro atoms. The third-order valence-electron chi connectivity index (χ3n) is 3.74. The second kappa shape index (κ2) is 8.42. The molecular weight excluding hydrogens is 395 g/mol. The highest BCUT2D eigenvalue weighted by Gasteiger charge is 2.32. The van der Waals surface area contributed by atoms with Gasteiger partial charge < -0.3 is 0 Å². The van der Waals surface area contributed by atoms with Crippen molar-refractivity contribution in [3.63, 3.8) is 0 Å². The summed E-state index contributed by atoms with van der Waals surface area (Å²) < 4.78 is 64.0. The fourth-order valence-electron chi connectivity index (χ4n) is 2.51. The van der Waals surface area contributed by atoms with E-state index in [1.807, 2.05) is 0 Å². The van der Waals surface area contributed by atoms with Crippen LogP contribution in [0.2, 0.25) is 0 Å². The number of hydrogen-bond acceptors (Lipinski definition) is 4. The number of nitrogens with one attached hydrogen (secondary N) is 1. The Bertz CT molecular complexity index is 961. The van der Waals surface area contributed by atoms with Crippen LogP contribution in [0.5, 0.6) is 0 Å². The van der Waals surface area contributed by atoms with Gasteiger partial charge in [0.2, 0.25) is 10.0 Å². The van der Waals surface area contributed by atoms with Crippen molar-refractivity contribution in [1.82, 2.24) is 5.43 Å². The molecule has 2 aromatic carbocycles. The van der Waals surface area contributed by atoms with E-state index < -0.39 is 33.7 Å². The SMILES string of the molecule is C[C@@H](C(=O)N/N=C\c1ccccc1C(F)(F)F)N(c1ccccc1)S(C)(=O)=O. The fraction of sp³-hybridized carbons (Fsp3) is 0.222. The number of carbonyl (C=O) groups is 1. The summed E-state index contributed by atoms with van der Waals surface area (Å²) in [5, 5.41) is 3.55. The smallest absolute Gasteiger partial charge is 0.271 e. The van der Waals surface area contributed by atoms with Gasteiger partial charge in [-0.3, -0.25) is 9.10 Å². The van der Waals surface area contributed by atoms with E-state index in [0.29, 0.717) is 0 Å². The maximum atomic E-state index is 13.0. The molecule has 0 radical (unpaired) electrons. The zero-order chi connectivity index (χ0) is 20.9. The molecule has 0 aliphatic carbocycles.